The number of anilines is 1. The smallest absolute Gasteiger partial charge is 0.265 e. The molecule has 0 aliphatic rings. The van der Waals surface area contributed by atoms with Crippen LogP contribution in [0, 0.1) is 0 Å². The summed E-state index contributed by atoms with van der Waals surface area (Å²) >= 11 is 2.39. The number of thioether (sulfide) groups is 1. The highest BCUT2D eigenvalue weighted by molar-refractivity contribution is 8.01. The number of carbonyl (C=O) groups is 1. The van der Waals surface area contributed by atoms with Crippen LogP contribution in [-0.2, 0) is 9.84 Å². The summed E-state index contributed by atoms with van der Waals surface area (Å²) in [6.45, 7) is 0. The van der Waals surface area contributed by atoms with Gasteiger partial charge >= 0.3 is 0 Å². The van der Waals surface area contributed by atoms with Crippen LogP contribution in [0.15, 0.2) is 9.10 Å². The van der Waals surface area contributed by atoms with Crippen LogP contribution in [0.25, 0.3) is 0 Å². The molecule has 1 amide bonds. The van der Waals surface area contributed by atoms with Crippen LogP contribution in [0.5, 0.6) is 0 Å². The number of nitrogens with two attached hydrogens (primary N) is 1. The van der Waals surface area contributed by atoms with Gasteiger partial charge in [-0.2, -0.15) is 0 Å². The van der Waals surface area contributed by atoms with Crippen molar-refractivity contribution in [1.82, 2.24) is 4.90 Å². The highest BCUT2D eigenvalue weighted by Gasteiger charge is 2.27. The molecule has 0 radical (unpaired) electrons. The van der Waals surface area contributed by atoms with Crippen molar-refractivity contribution >= 4 is 44.5 Å². The average molecular weight is 294 g/mol. The molecule has 0 unspecified atom stereocenters. The minimum Gasteiger partial charge on any atom is -0.396 e. The molecule has 5 nitrogen and oxygen atoms in total. The van der Waals surface area contributed by atoms with Crippen molar-refractivity contribution in [2.75, 3.05) is 32.3 Å². The monoisotopic (exact) mass is 294 g/mol. The summed E-state index contributed by atoms with van der Waals surface area (Å²) < 4.78 is 23.8. The van der Waals surface area contributed by atoms with Crippen LogP contribution in [0.1, 0.15) is 9.67 Å². The zero-order valence-electron chi connectivity index (χ0n) is 9.97. The number of carbonyl (C=O) groups excluding carboxylic acids is 1. The Morgan fingerprint density at radius 1 is 1.41 bits per heavy atom. The predicted octanol–water partition coefficient (Wildman–Crippen LogP) is 1.16. The molecule has 0 bridgehead atoms. The number of thiophene rings is 1. The van der Waals surface area contributed by atoms with Gasteiger partial charge in [0.15, 0.2) is 9.84 Å². The molecule has 0 spiro atoms. The van der Waals surface area contributed by atoms with Crippen LogP contribution < -0.4 is 5.73 Å². The molecule has 2 N–H and O–H groups in total. The molecule has 0 fully saturated rings. The van der Waals surface area contributed by atoms with Crippen LogP contribution in [0.2, 0.25) is 0 Å². The Morgan fingerprint density at radius 2 is 1.94 bits per heavy atom. The fourth-order valence-corrected chi connectivity index (χ4v) is 5.16. The summed E-state index contributed by atoms with van der Waals surface area (Å²) in [5.41, 5.74) is 5.83. The van der Waals surface area contributed by atoms with E-state index in [0.717, 1.165) is 17.6 Å². The van der Waals surface area contributed by atoms with Crippen molar-refractivity contribution in [3.8, 4) is 0 Å². The lowest BCUT2D eigenvalue weighted by molar-refractivity contribution is 0.0833. The van der Waals surface area contributed by atoms with E-state index in [-0.39, 0.29) is 21.4 Å². The Morgan fingerprint density at radius 3 is 2.24 bits per heavy atom. The number of nitrogen functional groups attached to an aromatic ring is 1. The molecule has 0 aliphatic carbocycles. The van der Waals surface area contributed by atoms with Crippen LogP contribution in [-0.4, -0.2) is 45.8 Å². The van der Waals surface area contributed by atoms with E-state index in [1.165, 1.54) is 16.7 Å². The second-order valence-electron chi connectivity index (χ2n) is 3.64. The molecule has 1 aromatic heterocycles. The molecule has 1 aromatic rings. The van der Waals surface area contributed by atoms with Crippen molar-refractivity contribution in [1.29, 1.82) is 0 Å². The third-order valence-electron chi connectivity index (χ3n) is 2.03. The van der Waals surface area contributed by atoms with Gasteiger partial charge in [0, 0.05) is 20.4 Å². The van der Waals surface area contributed by atoms with Gasteiger partial charge in [-0.1, -0.05) is 0 Å². The van der Waals surface area contributed by atoms with E-state index in [9.17, 15) is 13.2 Å². The van der Waals surface area contributed by atoms with Crippen molar-refractivity contribution in [3.05, 3.63) is 4.88 Å². The second kappa shape index (κ2) is 4.87. The standard InChI is InChI=1S/C9H14N2O3S3/c1-11(2)8(12)6-5(10)7(17(4,13)14)9(15-3)16-6/h10H2,1-4H3. The summed E-state index contributed by atoms with van der Waals surface area (Å²) in [5.74, 6) is -0.280. The topological polar surface area (TPSA) is 80.5 Å². The first-order valence-corrected chi connectivity index (χ1v) is 8.51. The highest BCUT2D eigenvalue weighted by Crippen LogP contribution is 2.40. The first-order valence-electron chi connectivity index (χ1n) is 4.58. The molecule has 0 atom stereocenters. The predicted molar refractivity (Wildman–Crippen MR) is 71.6 cm³/mol. The number of sulfone groups is 1. The molecule has 0 aliphatic heterocycles. The Balaban J connectivity index is 3.50. The van der Waals surface area contributed by atoms with E-state index in [2.05, 4.69) is 0 Å². The van der Waals surface area contributed by atoms with Crippen molar-refractivity contribution in [2.24, 2.45) is 0 Å². The van der Waals surface area contributed by atoms with Gasteiger partial charge in [-0.05, 0) is 6.26 Å². The zero-order valence-corrected chi connectivity index (χ0v) is 12.4. The molecule has 0 saturated carbocycles. The van der Waals surface area contributed by atoms with Gasteiger partial charge in [0.2, 0.25) is 0 Å². The lowest BCUT2D eigenvalue weighted by Crippen LogP contribution is -2.21. The van der Waals surface area contributed by atoms with Crippen LogP contribution in [0.4, 0.5) is 5.69 Å². The Bertz CT molecular complexity index is 546. The average Bonchev–Trinajstić information content (AvgIpc) is 2.53. The maximum absolute atomic E-state index is 11.8. The quantitative estimate of drug-likeness (QED) is 0.846. The van der Waals surface area contributed by atoms with Crippen LogP contribution >= 0.6 is 23.1 Å². The Kier molecular flexibility index (Phi) is 4.11. The van der Waals surface area contributed by atoms with Crippen molar-refractivity contribution < 1.29 is 13.2 Å². The lowest BCUT2D eigenvalue weighted by Gasteiger charge is -2.08. The van der Waals surface area contributed by atoms with Crippen molar-refractivity contribution in [3.63, 3.8) is 0 Å². The molecule has 1 heterocycles. The maximum atomic E-state index is 11.8. The summed E-state index contributed by atoms with van der Waals surface area (Å²) in [5, 5.41) is 0. The Labute approximate surface area is 109 Å². The zero-order chi connectivity index (χ0) is 13.4. The molecular weight excluding hydrogens is 280 g/mol. The van der Waals surface area contributed by atoms with Gasteiger partial charge in [-0.25, -0.2) is 8.42 Å². The molecule has 0 saturated heterocycles. The van der Waals surface area contributed by atoms with Gasteiger partial charge in [0.1, 0.15) is 9.77 Å². The highest BCUT2D eigenvalue weighted by atomic mass is 32.2. The third kappa shape index (κ3) is 2.75. The largest absolute Gasteiger partial charge is 0.396 e. The third-order valence-corrected chi connectivity index (χ3v) is 5.76. The van der Waals surface area contributed by atoms with E-state index in [1.807, 2.05) is 0 Å². The first kappa shape index (κ1) is 14.3. The molecule has 1 rings (SSSR count). The molecule has 0 aromatic carbocycles. The lowest BCUT2D eigenvalue weighted by atomic mass is 10.3. The second-order valence-corrected chi connectivity index (χ2v) is 7.69. The van der Waals surface area contributed by atoms with E-state index >= 15 is 0 Å². The Hall–Kier alpha value is -0.730. The number of amides is 1. The van der Waals surface area contributed by atoms with E-state index in [0.29, 0.717) is 4.21 Å². The first-order chi connectivity index (χ1) is 7.70. The molecular formula is C9H14N2O3S3. The number of rotatable bonds is 3. The fraction of sp³-hybridized carbons (Fsp3) is 0.444. The van der Waals surface area contributed by atoms with E-state index < -0.39 is 9.84 Å². The van der Waals surface area contributed by atoms with Gasteiger partial charge in [-0.3, -0.25) is 4.79 Å². The summed E-state index contributed by atoms with van der Waals surface area (Å²) in [6.07, 6.45) is 2.85. The van der Waals surface area contributed by atoms with Crippen molar-refractivity contribution in [2.45, 2.75) is 9.10 Å². The molecule has 96 valence electrons. The van der Waals surface area contributed by atoms with Gasteiger partial charge in [-0.15, -0.1) is 23.1 Å². The number of hydrogen-bond acceptors (Lipinski definition) is 6. The minimum absolute atomic E-state index is 0.0561. The van der Waals surface area contributed by atoms with Gasteiger partial charge in [0.05, 0.1) is 9.90 Å². The SMILES string of the molecule is CSc1sc(C(=O)N(C)C)c(N)c1S(C)(=O)=O. The van der Waals surface area contributed by atoms with Gasteiger partial charge < -0.3 is 10.6 Å². The summed E-state index contributed by atoms with van der Waals surface area (Å²) in [4.78, 5) is 13.5. The molecule has 8 heteroatoms. The fourth-order valence-electron chi connectivity index (χ4n) is 1.25. The summed E-state index contributed by atoms with van der Waals surface area (Å²) in [7, 11) is -0.226. The summed E-state index contributed by atoms with van der Waals surface area (Å²) in [6, 6.07) is 0. The minimum atomic E-state index is -3.42. The van der Waals surface area contributed by atoms with Gasteiger partial charge in [0.25, 0.3) is 5.91 Å². The number of nitrogens with zero attached hydrogens (tertiary/aromatic N) is 1. The molecule has 17 heavy (non-hydrogen) atoms. The maximum Gasteiger partial charge on any atom is 0.265 e. The van der Waals surface area contributed by atoms with E-state index in [1.54, 1.807) is 20.4 Å². The number of hydrogen-bond donors (Lipinski definition) is 1. The van der Waals surface area contributed by atoms with E-state index in [4.69, 9.17) is 5.73 Å². The normalized spacial score (nSPS) is 11.5. The van der Waals surface area contributed by atoms with Crippen LogP contribution in [0.3, 0.4) is 0 Å².